The third-order valence-electron chi connectivity index (χ3n) is 4.55. The summed E-state index contributed by atoms with van der Waals surface area (Å²) in [4.78, 5) is 4.42. The maximum Gasteiger partial charge on any atom is 0.243 e. The molecule has 0 bridgehead atoms. The molecule has 26 heavy (non-hydrogen) atoms. The largest absolute Gasteiger partial charge is 0.419 e. The fourth-order valence-electron chi connectivity index (χ4n) is 2.94. The number of hydrogen-bond acceptors (Lipinski definition) is 6. The van der Waals surface area contributed by atoms with Crippen LogP contribution in [0, 0.1) is 17.2 Å². The van der Waals surface area contributed by atoms with Crippen LogP contribution >= 0.6 is 0 Å². The predicted octanol–water partition coefficient (Wildman–Crippen LogP) is 3.07. The van der Waals surface area contributed by atoms with Crippen LogP contribution in [0.4, 0.5) is 5.88 Å². The van der Waals surface area contributed by atoms with Crippen molar-refractivity contribution in [1.29, 1.82) is 5.26 Å². The molecule has 0 saturated carbocycles. The van der Waals surface area contributed by atoms with E-state index >= 15 is 0 Å². The summed E-state index contributed by atoms with van der Waals surface area (Å²) in [5.74, 6) is 1.17. The van der Waals surface area contributed by atoms with Gasteiger partial charge in [0.05, 0.1) is 4.90 Å². The maximum atomic E-state index is 12.8. The molecule has 1 aromatic heterocycles. The number of rotatable bonds is 5. The van der Waals surface area contributed by atoms with E-state index in [2.05, 4.69) is 17.2 Å². The van der Waals surface area contributed by atoms with Gasteiger partial charge in [-0.3, -0.25) is 0 Å². The zero-order valence-electron chi connectivity index (χ0n) is 14.9. The van der Waals surface area contributed by atoms with Crippen LogP contribution in [-0.4, -0.2) is 37.3 Å². The third kappa shape index (κ3) is 3.59. The molecule has 1 N–H and O–H groups in total. The second-order valence-electron chi connectivity index (χ2n) is 6.45. The molecule has 1 aliphatic rings. The van der Waals surface area contributed by atoms with E-state index in [1.807, 2.05) is 13.0 Å². The summed E-state index contributed by atoms with van der Waals surface area (Å²) < 4.78 is 32.7. The van der Waals surface area contributed by atoms with Crippen LogP contribution < -0.4 is 5.32 Å². The molecule has 1 aliphatic heterocycles. The van der Waals surface area contributed by atoms with Crippen LogP contribution in [0.5, 0.6) is 0 Å². The first-order chi connectivity index (χ1) is 12.5. The van der Waals surface area contributed by atoms with Gasteiger partial charge in [0, 0.05) is 25.2 Å². The van der Waals surface area contributed by atoms with Gasteiger partial charge in [-0.05, 0) is 49.9 Å². The Morgan fingerprint density at radius 3 is 2.54 bits per heavy atom. The molecular weight excluding hydrogens is 352 g/mol. The lowest BCUT2D eigenvalue weighted by Gasteiger charge is -2.29. The first-order valence-electron chi connectivity index (χ1n) is 8.71. The van der Waals surface area contributed by atoms with E-state index in [4.69, 9.17) is 9.68 Å². The molecule has 0 unspecified atom stereocenters. The van der Waals surface area contributed by atoms with Gasteiger partial charge < -0.3 is 9.73 Å². The number of hydrogen-bond donors (Lipinski definition) is 1. The second-order valence-corrected chi connectivity index (χ2v) is 8.39. The average Bonchev–Trinajstić information content (AvgIpc) is 3.05. The summed E-state index contributed by atoms with van der Waals surface area (Å²) in [7, 11) is -3.48. The van der Waals surface area contributed by atoms with Crippen molar-refractivity contribution >= 4 is 15.9 Å². The molecule has 0 radical (unpaired) electrons. The fraction of sp³-hybridized carbons (Fsp3) is 0.444. The van der Waals surface area contributed by atoms with Crippen molar-refractivity contribution in [2.24, 2.45) is 5.92 Å². The Morgan fingerprint density at radius 2 is 1.96 bits per heavy atom. The summed E-state index contributed by atoms with van der Waals surface area (Å²) in [5.41, 5.74) is 0.804. The fourth-order valence-corrected chi connectivity index (χ4v) is 4.41. The monoisotopic (exact) mass is 374 g/mol. The molecule has 2 heterocycles. The summed E-state index contributed by atoms with van der Waals surface area (Å²) >= 11 is 0. The molecule has 138 valence electrons. The Morgan fingerprint density at radius 1 is 1.31 bits per heavy atom. The third-order valence-corrected chi connectivity index (χ3v) is 6.46. The van der Waals surface area contributed by atoms with Crippen LogP contribution in [0.1, 0.15) is 32.4 Å². The van der Waals surface area contributed by atoms with Crippen LogP contribution in [0.25, 0.3) is 11.5 Å². The Balaban J connectivity index is 1.84. The van der Waals surface area contributed by atoms with Crippen molar-refractivity contribution in [3.8, 4) is 17.5 Å². The van der Waals surface area contributed by atoms with E-state index in [1.54, 1.807) is 28.6 Å². The average molecular weight is 374 g/mol. The van der Waals surface area contributed by atoms with Gasteiger partial charge in [0.15, 0.2) is 0 Å². The number of oxazole rings is 1. The second kappa shape index (κ2) is 7.48. The number of nitrogens with one attached hydrogen (secondary N) is 1. The van der Waals surface area contributed by atoms with Crippen molar-refractivity contribution < 1.29 is 12.8 Å². The Kier molecular flexibility index (Phi) is 5.30. The van der Waals surface area contributed by atoms with Crippen LogP contribution in [0.2, 0.25) is 0 Å². The van der Waals surface area contributed by atoms with Crippen molar-refractivity contribution in [3.63, 3.8) is 0 Å². The number of benzene rings is 1. The first kappa shape index (κ1) is 18.4. The lowest BCUT2D eigenvalue weighted by molar-refractivity contribution is 0.288. The Hall–Kier alpha value is -2.37. The van der Waals surface area contributed by atoms with Gasteiger partial charge in [0.1, 0.15) is 6.07 Å². The summed E-state index contributed by atoms with van der Waals surface area (Å²) in [6.45, 7) is 5.76. The van der Waals surface area contributed by atoms with Crippen molar-refractivity contribution in [2.75, 3.05) is 25.0 Å². The standard InChI is InChI=1S/C18H22N4O3S/c1-3-20-18-16(12-19)21-17(25-18)14-4-6-15(7-5-14)26(23,24)22-10-8-13(2)9-11-22/h4-7,13,20H,3,8-11H2,1-2H3. The number of nitrogens with zero attached hydrogens (tertiary/aromatic N) is 3. The normalized spacial score (nSPS) is 16.3. The lowest BCUT2D eigenvalue weighted by Crippen LogP contribution is -2.37. The van der Waals surface area contributed by atoms with E-state index < -0.39 is 10.0 Å². The van der Waals surface area contributed by atoms with Gasteiger partial charge in [-0.2, -0.15) is 14.6 Å². The zero-order valence-corrected chi connectivity index (χ0v) is 15.7. The van der Waals surface area contributed by atoms with Crippen LogP contribution in [0.3, 0.4) is 0 Å². The van der Waals surface area contributed by atoms with E-state index in [-0.39, 0.29) is 16.5 Å². The van der Waals surface area contributed by atoms with Gasteiger partial charge >= 0.3 is 0 Å². The van der Waals surface area contributed by atoms with Crippen molar-refractivity contribution in [1.82, 2.24) is 9.29 Å². The molecule has 1 aromatic carbocycles. The lowest BCUT2D eigenvalue weighted by atomic mass is 10.0. The summed E-state index contributed by atoms with van der Waals surface area (Å²) in [5, 5.41) is 12.1. The highest BCUT2D eigenvalue weighted by Gasteiger charge is 2.28. The van der Waals surface area contributed by atoms with Crippen LogP contribution in [-0.2, 0) is 10.0 Å². The number of aromatic nitrogens is 1. The SMILES string of the molecule is CCNc1oc(-c2ccc(S(=O)(=O)N3CCC(C)CC3)cc2)nc1C#N. The summed E-state index contributed by atoms with van der Waals surface area (Å²) in [6.07, 6.45) is 1.77. The first-order valence-corrected chi connectivity index (χ1v) is 10.1. The zero-order chi connectivity index (χ0) is 18.7. The molecule has 1 saturated heterocycles. The minimum Gasteiger partial charge on any atom is -0.419 e. The maximum absolute atomic E-state index is 12.8. The van der Waals surface area contributed by atoms with E-state index in [9.17, 15) is 8.42 Å². The molecule has 1 fully saturated rings. The highest BCUT2D eigenvalue weighted by molar-refractivity contribution is 7.89. The highest BCUT2D eigenvalue weighted by Crippen LogP contribution is 2.28. The number of sulfonamides is 1. The van der Waals surface area contributed by atoms with Gasteiger partial charge in [-0.25, -0.2) is 8.42 Å². The Bertz CT molecular complexity index is 905. The van der Waals surface area contributed by atoms with E-state index in [1.165, 1.54) is 0 Å². The van der Waals surface area contributed by atoms with Crippen molar-refractivity contribution in [2.45, 2.75) is 31.6 Å². The minimum absolute atomic E-state index is 0.181. The molecule has 0 atom stereocenters. The molecular formula is C18H22N4O3S. The van der Waals surface area contributed by atoms with Gasteiger partial charge in [0.2, 0.25) is 27.5 Å². The number of piperidine rings is 1. The molecule has 0 spiro atoms. The van der Waals surface area contributed by atoms with E-state index in [0.29, 0.717) is 37.0 Å². The van der Waals surface area contributed by atoms with Crippen LogP contribution in [0.15, 0.2) is 33.6 Å². The van der Waals surface area contributed by atoms with Crippen molar-refractivity contribution in [3.05, 3.63) is 30.0 Å². The predicted molar refractivity (Wildman–Crippen MR) is 98.0 cm³/mol. The Labute approximate surface area is 153 Å². The molecule has 0 aliphatic carbocycles. The molecule has 3 rings (SSSR count). The molecule has 0 amide bonds. The topological polar surface area (TPSA) is 99.2 Å². The quantitative estimate of drug-likeness (QED) is 0.863. The number of anilines is 1. The molecule has 2 aromatic rings. The number of nitriles is 1. The van der Waals surface area contributed by atoms with E-state index in [0.717, 1.165) is 12.8 Å². The smallest absolute Gasteiger partial charge is 0.243 e. The van der Waals surface area contributed by atoms with Gasteiger partial charge in [-0.1, -0.05) is 6.92 Å². The van der Waals surface area contributed by atoms with Gasteiger partial charge in [0.25, 0.3) is 0 Å². The van der Waals surface area contributed by atoms with Gasteiger partial charge in [-0.15, -0.1) is 0 Å². The highest BCUT2D eigenvalue weighted by atomic mass is 32.2. The minimum atomic E-state index is -3.48. The molecule has 8 heteroatoms. The summed E-state index contributed by atoms with van der Waals surface area (Å²) in [6, 6.07) is 8.42. The molecule has 7 nitrogen and oxygen atoms in total.